The van der Waals surface area contributed by atoms with Gasteiger partial charge < -0.3 is 24.4 Å². The van der Waals surface area contributed by atoms with Crippen LogP contribution in [0.1, 0.15) is 34.5 Å². The van der Waals surface area contributed by atoms with Crippen LogP contribution < -0.4 is 19.7 Å². The third-order valence-electron chi connectivity index (χ3n) is 11.4. The molecule has 1 unspecified atom stereocenters. The number of carbonyl (C=O) groups is 3. The van der Waals surface area contributed by atoms with Crippen LogP contribution >= 0.6 is 0 Å². The molecule has 2 saturated heterocycles. The number of aromatic hydroxyl groups is 1. The standard InChI is InChI=1S/C45H43N7O8S/c1-61(57,58)37-11-2-29(3-12-37)38-13-4-30-25-34(53)6-15-39(30)43(38)60-36-9-7-35(8-10-36)59-23-22-51-28-32(47-48-51)27-49-18-20-50(21-19-49)33-5-14-40-31(24-33)26-52(45(40)56)41-16-17-42(54)46-44(41)55/h2-15,24-25,28,41,53H,16-23,26-27H2,1H3,(H,46,54,55). The van der Waals surface area contributed by atoms with Gasteiger partial charge in [-0.25, -0.2) is 13.1 Å². The third-order valence-corrected chi connectivity index (χ3v) is 12.5. The molecule has 3 aliphatic rings. The topological polar surface area (TPSA) is 176 Å². The van der Waals surface area contributed by atoms with Crippen LogP contribution in [0.2, 0.25) is 0 Å². The van der Waals surface area contributed by atoms with E-state index in [2.05, 4.69) is 25.4 Å². The summed E-state index contributed by atoms with van der Waals surface area (Å²) in [6.07, 6.45) is 3.69. The predicted octanol–water partition coefficient (Wildman–Crippen LogP) is 5.16. The lowest BCUT2D eigenvalue weighted by Crippen LogP contribution is -2.52. The molecule has 0 saturated carbocycles. The summed E-state index contributed by atoms with van der Waals surface area (Å²) in [6.45, 7) is 5.18. The monoisotopic (exact) mass is 841 g/mol. The Morgan fingerprint density at radius 2 is 1.61 bits per heavy atom. The second-order valence-electron chi connectivity index (χ2n) is 15.5. The number of ether oxygens (including phenoxy) is 2. The minimum atomic E-state index is -3.35. The van der Waals surface area contributed by atoms with Crippen molar-refractivity contribution in [3.05, 3.63) is 120 Å². The average Bonchev–Trinajstić information content (AvgIpc) is 3.84. The zero-order valence-corrected chi connectivity index (χ0v) is 34.2. The molecule has 312 valence electrons. The summed E-state index contributed by atoms with van der Waals surface area (Å²) in [5.74, 6) is 1.07. The van der Waals surface area contributed by atoms with Crippen molar-refractivity contribution >= 4 is 44.0 Å². The van der Waals surface area contributed by atoms with Crippen LogP contribution in [0.3, 0.4) is 0 Å². The highest BCUT2D eigenvalue weighted by atomic mass is 32.2. The fourth-order valence-corrected chi connectivity index (χ4v) is 8.79. The van der Waals surface area contributed by atoms with Gasteiger partial charge in [-0.1, -0.05) is 23.4 Å². The van der Waals surface area contributed by atoms with Crippen molar-refractivity contribution in [3.8, 4) is 34.1 Å². The molecular formula is C45H43N7O8S. The van der Waals surface area contributed by atoms with Gasteiger partial charge >= 0.3 is 0 Å². The number of piperidine rings is 1. The molecule has 61 heavy (non-hydrogen) atoms. The van der Waals surface area contributed by atoms with Gasteiger partial charge in [-0.2, -0.15) is 0 Å². The number of benzene rings is 5. The van der Waals surface area contributed by atoms with Crippen LogP contribution in [0.4, 0.5) is 5.69 Å². The molecule has 9 rings (SSSR count). The Hall–Kier alpha value is -6.78. The summed E-state index contributed by atoms with van der Waals surface area (Å²) in [6, 6.07) is 28.1. The number of nitrogens with zero attached hydrogens (tertiary/aromatic N) is 6. The molecule has 1 atom stereocenters. The van der Waals surface area contributed by atoms with E-state index in [1.807, 2.05) is 60.8 Å². The Kier molecular flexibility index (Phi) is 10.6. The van der Waals surface area contributed by atoms with Gasteiger partial charge in [0.2, 0.25) is 11.8 Å². The summed E-state index contributed by atoms with van der Waals surface area (Å²) in [5.41, 5.74) is 4.97. The van der Waals surface area contributed by atoms with Gasteiger partial charge in [-0.05, 0) is 102 Å². The number of anilines is 1. The summed E-state index contributed by atoms with van der Waals surface area (Å²) in [7, 11) is -3.35. The fraction of sp³-hybridized carbons (Fsp3) is 0.267. The first-order valence-corrected chi connectivity index (χ1v) is 22.0. The van der Waals surface area contributed by atoms with Crippen LogP contribution in [-0.4, -0.2) is 101 Å². The highest BCUT2D eigenvalue weighted by Crippen LogP contribution is 2.41. The SMILES string of the molecule is CS(=O)(=O)c1ccc(-c2ccc3cc(O)ccc3c2Oc2ccc(OCCn3cc(CN4CCN(c5ccc6c(c5)CN(C5CCC(=O)NC5=O)C6=O)CC4)nn3)cc2)cc1. The molecule has 2 fully saturated rings. The van der Waals surface area contributed by atoms with Crippen molar-refractivity contribution in [2.45, 2.75) is 43.4 Å². The van der Waals surface area contributed by atoms with Gasteiger partial charge in [0, 0.05) is 80.3 Å². The molecule has 3 amide bonds. The van der Waals surface area contributed by atoms with Crippen molar-refractivity contribution in [1.82, 2.24) is 30.1 Å². The second-order valence-corrected chi connectivity index (χ2v) is 17.6. The molecule has 1 aromatic heterocycles. The zero-order valence-electron chi connectivity index (χ0n) is 33.4. The van der Waals surface area contributed by atoms with E-state index in [9.17, 15) is 27.9 Å². The third kappa shape index (κ3) is 8.49. The normalized spacial score (nSPS) is 17.1. The first-order chi connectivity index (χ1) is 29.4. The Morgan fingerprint density at radius 1 is 0.852 bits per heavy atom. The summed E-state index contributed by atoms with van der Waals surface area (Å²) >= 11 is 0. The van der Waals surface area contributed by atoms with E-state index in [1.54, 1.807) is 52.0 Å². The molecule has 4 heterocycles. The van der Waals surface area contributed by atoms with E-state index in [-0.39, 0.29) is 28.9 Å². The number of phenols is 1. The maximum absolute atomic E-state index is 13.1. The molecule has 2 N–H and O–H groups in total. The Bertz CT molecular complexity index is 2770. The smallest absolute Gasteiger partial charge is 0.255 e. The van der Waals surface area contributed by atoms with Gasteiger partial charge in [0.25, 0.3) is 5.91 Å². The number of nitrogens with one attached hydrogen (secondary N) is 1. The highest BCUT2D eigenvalue weighted by Gasteiger charge is 2.39. The van der Waals surface area contributed by atoms with Crippen molar-refractivity contribution in [2.75, 3.05) is 43.9 Å². The number of imide groups is 1. The molecule has 16 heteroatoms. The summed E-state index contributed by atoms with van der Waals surface area (Å²) < 4.78 is 38.4. The number of carbonyl (C=O) groups excluding carboxylic acids is 3. The number of fused-ring (bicyclic) bond motifs is 2. The molecule has 5 aromatic carbocycles. The minimum absolute atomic E-state index is 0.139. The molecule has 15 nitrogen and oxygen atoms in total. The largest absolute Gasteiger partial charge is 0.508 e. The van der Waals surface area contributed by atoms with Crippen LogP contribution in [0.5, 0.6) is 23.0 Å². The number of phenolic OH excluding ortho intramolecular Hbond substituents is 1. The number of hydrogen-bond donors (Lipinski definition) is 2. The van der Waals surface area contributed by atoms with E-state index in [4.69, 9.17) is 9.47 Å². The number of sulfone groups is 1. The molecular weight excluding hydrogens is 799 g/mol. The maximum Gasteiger partial charge on any atom is 0.255 e. The van der Waals surface area contributed by atoms with E-state index < -0.39 is 21.8 Å². The first-order valence-electron chi connectivity index (χ1n) is 20.1. The highest BCUT2D eigenvalue weighted by molar-refractivity contribution is 7.90. The maximum atomic E-state index is 13.1. The quantitative estimate of drug-likeness (QED) is 0.155. The summed E-state index contributed by atoms with van der Waals surface area (Å²) in [4.78, 5) is 43.6. The van der Waals surface area contributed by atoms with Gasteiger partial charge in [0.1, 0.15) is 35.6 Å². The van der Waals surface area contributed by atoms with Crippen molar-refractivity contribution in [1.29, 1.82) is 0 Å². The minimum Gasteiger partial charge on any atom is -0.508 e. The molecule has 0 spiro atoms. The number of rotatable bonds is 12. The molecule has 0 bridgehead atoms. The number of hydrogen-bond acceptors (Lipinski definition) is 12. The van der Waals surface area contributed by atoms with Crippen LogP contribution in [0, 0.1) is 0 Å². The first kappa shape index (κ1) is 39.7. The average molecular weight is 842 g/mol. The summed E-state index contributed by atoms with van der Waals surface area (Å²) in [5, 5.41) is 22.8. The van der Waals surface area contributed by atoms with E-state index in [0.29, 0.717) is 55.5 Å². The Balaban J connectivity index is 0.764. The van der Waals surface area contributed by atoms with Gasteiger partial charge in [0.05, 0.1) is 17.1 Å². The van der Waals surface area contributed by atoms with E-state index >= 15 is 0 Å². The number of amides is 3. The van der Waals surface area contributed by atoms with Gasteiger partial charge in [0.15, 0.2) is 9.84 Å². The van der Waals surface area contributed by atoms with Crippen molar-refractivity contribution in [3.63, 3.8) is 0 Å². The Labute approximate surface area is 352 Å². The molecule has 6 aromatic rings. The molecule has 0 aliphatic carbocycles. The number of aromatic nitrogens is 3. The Morgan fingerprint density at radius 3 is 2.36 bits per heavy atom. The van der Waals surface area contributed by atoms with Crippen LogP contribution in [-0.2, 0) is 39.1 Å². The lowest BCUT2D eigenvalue weighted by Gasteiger charge is -2.35. The van der Waals surface area contributed by atoms with E-state index in [0.717, 1.165) is 65.0 Å². The predicted molar refractivity (Wildman–Crippen MR) is 226 cm³/mol. The van der Waals surface area contributed by atoms with Gasteiger partial charge in [-0.3, -0.25) is 24.6 Å². The second kappa shape index (κ2) is 16.3. The van der Waals surface area contributed by atoms with Crippen molar-refractivity contribution < 1.29 is 37.4 Å². The van der Waals surface area contributed by atoms with Gasteiger partial charge in [-0.15, -0.1) is 5.10 Å². The van der Waals surface area contributed by atoms with Crippen LogP contribution in [0.25, 0.3) is 21.9 Å². The fourth-order valence-electron chi connectivity index (χ4n) is 8.16. The van der Waals surface area contributed by atoms with E-state index in [1.165, 1.54) is 6.26 Å². The zero-order chi connectivity index (χ0) is 42.3. The lowest BCUT2D eigenvalue weighted by atomic mass is 9.99. The van der Waals surface area contributed by atoms with Crippen molar-refractivity contribution in [2.24, 2.45) is 0 Å². The van der Waals surface area contributed by atoms with Crippen LogP contribution in [0.15, 0.2) is 108 Å². The molecule has 0 radical (unpaired) electrons. The lowest BCUT2D eigenvalue weighted by molar-refractivity contribution is -0.136. The number of piperazine rings is 1. The molecule has 3 aliphatic heterocycles.